The Morgan fingerprint density at radius 3 is 2.04 bits per heavy atom. The smallest absolute Gasteiger partial charge is 0.147 e. The van der Waals surface area contributed by atoms with Gasteiger partial charge in [0.15, 0.2) is 0 Å². The normalized spacial score (nSPS) is 11.8. The second kappa shape index (κ2) is 16.3. The third kappa shape index (κ3) is 9.18. The summed E-state index contributed by atoms with van der Waals surface area (Å²) in [6, 6.07) is 38.8. The molecule has 8 aromatic rings. The zero-order valence-corrected chi connectivity index (χ0v) is 36.7. The van der Waals surface area contributed by atoms with Gasteiger partial charge in [-0.1, -0.05) is 131 Å². The van der Waals surface area contributed by atoms with Gasteiger partial charge in [-0.25, -0.2) is 4.98 Å². The molecule has 0 aliphatic carbocycles. The van der Waals surface area contributed by atoms with E-state index in [1.165, 1.54) is 38.9 Å². The Balaban J connectivity index is 0.000000188. The first kappa shape index (κ1) is 40.7. The first-order valence-electron chi connectivity index (χ1n) is 19.3. The molecule has 287 valence electrons. The average molecular weight is 914 g/mol. The molecule has 8 rings (SSSR count). The van der Waals surface area contributed by atoms with Gasteiger partial charge in [0.1, 0.15) is 11.1 Å². The number of aryl methyl sites for hydroxylation is 4. The van der Waals surface area contributed by atoms with E-state index >= 15 is 0 Å². The van der Waals surface area contributed by atoms with Crippen molar-refractivity contribution in [2.75, 3.05) is 0 Å². The molecule has 0 unspecified atom stereocenters. The van der Waals surface area contributed by atoms with E-state index < -0.39 is 0 Å². The molecule has 4 nitrogen and oxygen atoms in total. The average Bonchev–Trinajstić information content (AvgIpc) is 3.52. The molecule has 4 aromatic carbocycles. The quantitative estimate of drug-likeness (QED) is 0.161. The molecule has 0 aliphatic heterocycles. The minimum atomic E-state index is 0. The summed E-state index contributed by atoms with van der Waals surface area (Å²) in [5, 5.41) is 3.23. The predicted molar refractivity (Wildman–Crippen MR) is 230 cm³/mol. The van der Waals surface area contributed by atoms with Gasteiger partial charge in [0.2, 0.25) is 0 Å². The van der Waals surface area contributed by atoms with Crippen LogP contribution < -0.4 is 0 Å². The Labute approximate surface area is 346 Å². The third-order valence-electron chi connectivity index (χ3n) is 10.0. The van der Waals surface area contributed by atoms with Gasteiger partial charge < -0.3 is 14.4 Å². The van der Waals surface area contributed by atoms with E-state index in [1.807, 2.05) is 31.5 Å². The molecule has 4 aromatic heterocycles. The van der Waals surface area contributed by atoms with Gasteiger partial charge in [-0.15, -0.1) is 47.5 Å². The van der Waals surface area contributed by atoms with E-state index in [-0.39, 0.29) is 25.5 Å². The number of aromatic nitrogens is 3. The third-order valence-corrected chi connectivity index (χ3v) is 10.0. The second-order valence-corrected chi connectivity index (χ2v) is 17.5. The van der Waals surface area contributed by atoms with E-state index in [0.717, 1.165) is 73.9 Å². The van der Waals surface area contributed by atoms with Crippen molar-refractivity contribution in [3.63, 3.8) is 0 Å². The fourth-order valence-electron chi connectivity index (χ4n) is 7.21. The SMILES string of the molecule is Cc1ccc2ccc3c4cc[c-]c(-c5cc(CC(C)(C)C)ccn5)c4oc3c2n1.Cc1cnc(-c2[c-]cc(C)c(-c3ccc(CC(C)(C)C)cc3)c2)cc1C.[Ir]. The van der Waals surface area contributed by atoms with Gasteiger partial charge in [-0.3, -0.25) is 0 Å². The second-order valence-electron chi connectivity index (χ2n) is 17.5. The minimum Gasteiger partial charge on any atom is -0.498 e. The number of hydrogen-bond acceptors (Lipinski definition) is 4. The van der Waals surface area contributed by atoms with Gasteiger partial charge in [0, 0.05) is 49.0 Å². The van der Waals surface area contributed by atoms with Crippen LogP contribution in [0.5, 0.6) is 0 Å². The van der Waals surface area contributed by atoms with Crippen LogP contribution in [0.4, 0.5) is 0 Å². The summed E-state index contributed by atoms with van der Waals surface area (Å²) in [6.07, 6.45) is 5.91. The molecule has 0 amide bonds. The van der Waals surface area contributed by atoms with E-state index in [1.54, 1.807) is 0 Å². The van der Waals surface area contributed by atoms with E-state index in [4.69, 9.17) is 9.40 Å². The Bertz CT molecular complexity index is 2660. The van der Waals surface area contributed by atoms with Gasteiger partial charge >= 0.3 is 0 Å². The standard InChI is InChI=1S/C26H23N2O.C25H28N.Ir/c1-16-8-9-18-10-11-20-19-6-5-7-21(24(19)29-25(20)23(18)28-16)22-14-17(12-13-27-22)15-26(2,3)4;1-17-7-10-22(24-13-18(2)19(3)16-26-24)14-23(17)21-11-8-20(9-12-21)15-25(4,5)6;/h5-6,8-14H,15H2,1-4H3;7-9,11-14,16H,15H2,1-6H3;/q2*-1;. The zero-order valence-electron chi connectivity index (χ0n) is 34.3. The van der Waals surface area contributed by atoms with Crippen LogP contribution in [0, 0.1) is 50.7 Å². The fourth-order valence-corrected chi connectivity index (χ4v) is 7.21. The zero-order chi connectivity index (χ0) is 39.1. The van der Waals surface area contributed by atoms with Crippen molar-refractivity contribution in [3.8, 4) is 33.6 Å². The molecule has 0 atom stereocenters. The predicted octanol–water partition coefficient (Wildman–Crippen LogP) is 13.6. The molecule has 0 spiro atoms. The van der Waals surface area contributed by atoms with E-state index in [2.05, 4.69) is 163 Å². The summed E-state index contributed by atoms with van der Waals surface area (Å²) in [5.74, 6) is 0. The molecule has 56 heavy (non-hydrogen) atoms. The van der Waals surface area contributed by atoms with Crippen molar-refractivity contribution in [2.24, 2.45) is 10.8 Å². The van der Waals surface area contributed by atoms with Crippen LogP contribution >= 0.6 is 0 Å². The van der Waals surface area contributed by atoms with Gasteiger partial charge in [0.05, 0.1) is 5.58 Å². The Kier molecular flexibility index (Phi) is 11.8. The fraction of sp³-hybridized carbons (Fsp3) is 0.275. The summed E-state index contributed by atoms with van der Waals surface area (Å²) in [4.78, 5) is 14.0. The van der Waals surface area contributed by atoms with Crippen LogP contribution in [0.1, 0.15) is 75.1 Å². The molecule has 0 saturated carbocycles. The Hall–Kier alpha value is -4.96. The van der Waals surface area contributed by atoms with Gasteiger partial charge in [-0.2, -0.15) is 0 Å². The number of rotatable bonds is 5. The molecule has 0 aliphatic rings. The van der Waals surface area contributed by atoms with Gasteiger partial charge in [0.25, 0.3) is 0 Å². The molecule has 0 saturated heterocycles. The van der Waals surface area contributed by atoms with Crippen LogP contribution in [-0.4, -0.2) is 15.0 Å². The molecular formula is C51H51IrN3O-2. The summed E-state index contributed by atoms with van der Waals surface area (Å²) in [5.41, 5.74) is 16.8. The molecule has 0 bridgehead atoms. The van der Waals surface area contributed by atoms with Crippen molar-refractivity contribution in [1.29, 1.82) is 0 Å². The van der Waals surface area contributed by atoms with Crippen molar-refractivity contribution >= 4 is 32.8 Å². The maximum Gasteiger partial charge on any atom is 0.147 e. The minimum absolute atomic E-state index is 0. The first-order chi connectivity index (χ1) is 26.1. The summed E-state index contributed by atoms with van der Waals surface area (Å²) < 4.78 is 6.41. The number of pyridine rings is 3. The molecule has 4 heterocycles. The van der Waals surface area contributed by atoms with Crippen molar-refractivity contribution in [2.45, 2.75) is 82.1 Å². The Morgan fingerprint density at radius 2 is 1.32 bits per heavy atom. The maximum absolute atomic E-state index is 6.41. The monoisotopic (exact) mass is 914 g/mol. The summed E-state index contributed by atoms with van der Waals surface area (Å²) in [6.45, 7) is 22.0. The van der Waals surface area contributed by atoms with Crippen LogP contribution in [0.2, 0.25) is 0 Å². The number of benzene rings is 4. The number of furan rings is 1. The first-order valence-corrected chi connectivity index (χ1v) is 19.3. The molecule has 0 fully saturated rings. The van der Waals surface area contributed by atoms with Crippen molar-refractivity contribution in [3.05, 3.63) is 149 Å². The van der Waals surface area contributed by atoms with E-state index in [9.17, 15) is 0 Å². The van der Waals surface area contributed by atoms with Crippen LogP contribution in [0.3, 0.4) is 0 Å². The van der Waals surface area contributed by atoms with Crippen LogP contribution in [0.15, 0.2) is 108 Å². The van der Waals surface area contributed by atoms with E-state index in [0.29, 0.717) is 5.41 Å². The number of nitrogens with zero attached hydrogens (tertiary/aromatic N) is 3. The topological polar surface area (TPSA) is 51.8 Å². The largest absolute Gasteiger partial charge is 0.498 e. The number of fused-ring (bicyclic) bond motifs is 5. The summed E-state index contributed by atoms with van der Waals surface area (Å²) in [7, 11) is 0. The summed E-state index contributed by atoms with van der Waals surface area (Å²) >= 11 is 0. The maximum atomic E-state index is 6.41. The van der Waals surface area contributed by atoms with Crippen molar-refractivity contribution < 1.29 is 24.5 Å². The van der Waals surface area contributed by atoms with Gasteiger partial charge in [-0.05, 0) is 84.7 Å². The molecule has 1 radical (unpaired) electrons. The van der Waals surface area contributed by atoms with Crippen molar-refractivity contribution in [1.82, 2.24) is 15.0 Å². The number of hydrogen-bond donors (Lipinski definition) is 0. The molecule has 5 heteroatoms. The van der Waals surface area contributed by atoms with Crippen LogP contribution in [0.25, 0.3) is 66.5 Å². The molecule has 0 N–H and O–H groups in total. The van der Waals surface area contributed by atoms with Crippen LogP contribution in [-0.2, 0) is 32.9 Å². The Morgan fingerprint density at radius 1 is 0.625 bits per heavy atom. The molecular weight excluding hydrogens is 863 g/mol.